The van der Waals surface area contributed by atoms with Crippen molar-refractivity contribution in [2.75, 3.05) is 18.9 Å². The maximum atomic E-state index is 13.0. The topological polar surface area (TPSA) is 59.0 Å². The monoisotopic (exact) mass is 326 g/mol. The number of hydrogen-bond donors (Lipinski definition) is 2. The van der Waals surface area contributed by atoms with Gasteiger partial charge in [0.25, 0.3) is 0 Å². The molecule has 0 saturated heterocycles. The SMILES string of the molecule is CNCCCC(=O)Nc1cc(C)nn1-c1ccc(F)cc1.Cl. The smallest absolute Gasteiger partial charge is 0.225 e. The lowest BCUT2D eigenvalue weighted by molar-refractivity contribution is -0.116. The van der Waals surface area contributed by atoms with Crippen LogP contribution in [0, 0.1) is 12.7 Å². The first-order valence-corrected chi connectivity index (χ1v) is 6.87. The summed E-state index contributed by atoms with van der Waals surface area (Å²) in [7, 11) is 1.85. The summed E-state index contributed by atoms with van der Waals surface area (Å²) >= 11 is 0. The van der Waals surface area contributed by atoms with Crippen molar-refractivity contribution in [3.05, 3.63) is 41.8 Å². The van der Waals surface area contributed by atoms with Gasteiger partial charge in [0, 0.05) is 12.5 Å². The summed E-state index contributed by atoms with van der Waals surface area (Å²) in [6.45, 7) is 2.64. The van der Waals surface area contributed by atoms with Crippen LogP contribution < -0.4 is 10.6 Å². The van der Waals surface area contributed by atoms with Crippen LogP contribution in [0.15, 0.2) is 30.3 Å². The zero-order chi connectivity index (χ0) is 15.2. The van der Waals surface area contributed by atoms with Crippen molar-refractivity contribution < 1.29 is 9.18 Å². The quantitative estimate of drug-likeness (QED) is 0.802. The van der Waals surface area contributed by atoms with Crippen molar-refractivity contribution in [3.63, 3.8) is 0 Å². The van der Waals surface area contributed by atoms with Gasteiger partial charge in [-0.2, -0.15) is 5.10 Å². The highest BCUT2D eigenvalue weighted by Crippen LogP contribution is 2.17. The number of hydrogen-bond acceptors (Lipinski definition) is 3. The minimum Gasteiger partial charge on any atom is -0.320 e. The molecule has 7 heteroatoms. The molecule has 0 spiro atoms. The van der Waals surface area contributed by atoms with Crippen molar-refractivity contribution in [2.24, 2.45) is 0 Å². The molecule has 0 aliphatic rings. The van der Waals surface area contributed by atoms with E-state index < -0.39 is 0 Å². The summed E-state index contributed by atoms with van der Waals surface area (Å²) in [6, 6.07) is 7.77. The van der Waals surface area contributed by atoms with Gasteiger partial charge in [-0.3, -0.25) is 4.79 Å². The summed E-state index contributed by atoms with van der Waals surface area (Å²) in [6.07, 6.45) is 1.21. The van der Waals surface area contributed by atoms with Gasteiger partial charge in [0.2, 0.25) is 5.91 Å². The molecule has 0 aliphatic heterocycles. The van der Waals surface area contributed by atoms with E-state index in [4.69, 9.17) is 0 Å². The molecule has 2 aromatic rings. The van der Waals surface area contributed by atoms with Crippen LogP contribution in [-0.2, 0) is 4.79 Å². The summed E-state index contributed by atoms with van der Waals surface area (Å²) in [5.41, 5.74) is 1.49. The van der Waals surface area contributed by atoms with Gasteiger partial charge in [-0.25, -0.2) is 9.07 Å². The molecule has 0 unspecified atom stereocenters. The van der Waals surface area contributed by atoms with Gasteiger partial charge < -0.3 is 10.6 Å². The first-order valence-electron chi connectivity index (χ1n) is 6.87. The van der Waals surface area contributed by atoms with Gasteiger partial charge in [0.05, 0.1) is 11.4 Å². The van der Waals surface area contributed by atoms with E-state index in [9.17, 15) is 9.18 Å². The molecule has 1 heterocycles. The molecule has 2 rings (SSSR count). The number of anilines is 1. The molecule has 1 aromatic carbocycles. The van der Waals surface area contributed by atoms with Crippen LogP contribution in [0.2, 0.25) is 0 Å². The fraction of sp³-hybridized carbons (Fsp3) is 0.333. The fourth-order valence-corrected chi connectivity index (χ4v) is 2.00. The average molecular weight is 327 g/mol. The normalized spacial score (nSPS) is 10.1. The molecule has 1 amide bonds. The highest BCUT2D eigenvalue weighted by Gasteiger charge is 2.10. The molecule has 0 saturated carbocycles. The Labute approximate surface area is 135 Å². The number of carbonyl (C=O) groups is 1. The summed E-state index contributed by atoms with van der Waals surface area (Å²) in [5, 5.41) is 10.2. The molecule has 120 valence electrons. The predicted molar refractivity (Wildman–Crippen MR) is 87.3 cm³/mol. The molecular formula is C15H20ClFN4O. The zero-order valence-electron chi connectivity index (χ0n) is 12.6. The van der Waals surface area contributed by atoms with Crippen molar-refractivity contribution >= 4 is 24.1 Å². The minimum absolute atomic E-state index is 0. The lowest BCUT2D eigenvalue weighted by Crippen LogP contribution is -2.17. The molecule has 1 aromatic heterocycles. The molecule has 0 bridgehead atoms. The van der Waals surface area contributed by atoms with E-state index in [1.807, 2.05) is 14.0 Å². The van der Waals surface area contributed by atoms with E-state index >= 15 is 0 Å². The Balaban J connectivity index is 0.00000242. The van der Waals surface area contributed by atoms with Crippen LogP contribution >= 0.6 is 12.4 Å². The lowest BCUT2D eigenvalue weighted by atomic mass is 10.3. The molecule has 0 aliphatic carbocycles. The van der Waals surface area contributed by atoms with Gasteiger partial charge in [-0.1, -0.05) is 0 Å². The van der Waals surface area contributed by atoms with Crippen molar-refractivity contribution in [2.45, 2.75) is 19.8 Å². The Morgan fingerprint density at radius 1 is 1.32 bits per heavy atom. The maximum absolute atomic E-state index is 13.0. The Morgan fingerprint density at radius 3 is 2.64 bits per heavy atom. The Morgan fingerprint density at radius 2 is 2.00 bits per heavy atom. The number of aromatic nitrogens is 2. The Bertz CT molecular complexity index is 613. The number of nitrogens with one attached hydrogen (secondary N) is 2. The second-order valence-corrected chi connectivity index (χ2v) is 4.81. The zero-order valence-corrected chi connectivity index (χ0v) is 13.4. The van der Waals surface area contributed by atoms with Crippen molar-refractivity contribution in [3.8, 4) is 5.69 Å². The molecule has 0 fully saturated rings. The number of benzene rings is 1. The van der Waals surface area contributed by atoms with Gasteiger partial charge >= 0.3 is 0 Å². The van der Waals surface area contributed by atoms with E-state index in [1.54, 1.807) is 22.9 Å². The lowest BCUT2D eigenvalue weighted by Gasteiger charge is -2.09. The number of aryl methyl sites for hydroxylation is 1. The molecule has 5 nitrogen and oxygen atoms in total. The standard InChI is InChI=1S/C15H19FN4O.ClH/c1-11-10-14(18-15(21)4-3-9-17-2)20(19-11)13-7-5-12(16)6-8-13;/h5-8,10,17H,3-4,9H2,1-2H3,(H,18,21);1H. The summed E-state index contributed by atoms with van der Waals surface area (Å²) in [5.74, 6) is 0.224. The second-order valence-electron chi connectivity index (χ2n) is 4.81. The van der Waals surface area contributed by atoms with Crippen molar-refractivity contribution in [1.82, 2.24) is 15.1 Å². The second kappa shape index (κ2) is 8.51. The average Bonchev–Trinajstić information content (AvgIpc) is 2.80. The van der Waals surface area contributed by atoms with Crippen LogP contribution in [0.25, 0.3) is 5.69 Å². The van der Waals surface area contributed by atoms with Gasteiger partial charge in [-0.15, -0.1) is 12.4 Å². The molecule has 0 radical (unpaired) electrons. The first-order chi connectivity index (χ1) is 10.1. The first kappa shape index (κ1) is 18.1. The third kappa shape index (κ3) is 4.82. The van der Waals surface area contributed by atoms with Crippen LogP contribution in [0.5, 0.6) is 0 Å². The van der Waals surface area contributed by atoms with Gasteiger partial charge in [-0.05, 0) is 51.2 Å². The Kier molecular flexibility index (Phi) is 7.01. The summed E-state index contributed by atoms with van der Waals surface area (Å²) < 4.78 is 14.6. The van der Waals surface area contributed by atoms with Crippen LogP contribution in [0.3, 0.4) is 0 Å². The number of rotatable bonds is 6. The number of amides is 1. The molecule has 2 N–H and O–H groups in total. The predicted octanol–water partition coefficient (Wildman–Crippen LogP) is 2.68. The fourth-order valence-electron chi connectivity index (χ4n) is 2.00. The summed E-state index contributed by atoms with van der Waals surface area (Å²) in [4.78, 5) is 11.9. The van der Waals surface area contributed by atoms with Crippen molar-refractivity contribution in [1.29, 1.82) is 0 Å². The van der Waals surface area contributed by atoms with E-state index in [2.05, 4.69) is 15.7 Å². The molecular weight excluding hydrogens is 307 g/mol. The van der Waals surface area contributed by atoms with Crippen LogP contribution in [-0.4, -0.2) is 29.3 Å². The van der Waals surface area contributed by atoms with E-state index in [1.165, 1.54) is 12.1 Å². The number of nitrogens with zero attached hydrogens (tertiary/aromatic N) is 2. The minimum atomic E-state index is -0.305. The molecule has 0 atom stereocenters. The largest absolute Gasteiger partial charge is 0.320 e. The van der Waals surface area contributed by atoms with Crippen LogP contribution in [0.4, 0.5) is 10.2 Å². The van der Waals surface area contributed by atoms with E-state index in [0.717, 1.165) is 18.7 Å². The molecule has 22 heavy (non-hydrogen) atoms. The Hall–Kier alpha value is -1.92. The highest BCUT2D eigenvalue weighted by molar-refractivity contribution is 5.90. The third-order valence-electron chi connectivity index (χ3n) is 3.00. The van der Waals surface area contributed by atoms with E-state index in [0.29, 0.717) is 17.9 Å². The van der Waals surface area contributed by atoms with Gasteiger partial charge in [0.1, 0.15) is 11.6 Å². The van der Waals surface area contributed by atoms with Gasteiger partial charge in [0.15, 0.2) is 0 Å². The number of carbonyl (C=O) groups excluding carboxylic acids is 1. The maximum Gasteiger partial charge on any atom is 0.225 e. The number of halogens is 2. The third-order valence-corrected chi connectivity index (χ3v) is 3.00. The van der Waals surface area contributed by atoms with Crippen LogP contribution in [0.1, 0.15) is 18.5 Å². The van der Waals surface area contributed by atoms with E-state index in [-0.39, 0.29) is 24.1 Å². The highest BCUT2D eigenvalue weighted by atomic mass is 35.5.